The van der Waals surface area contributed by atoms with Crippen LogP contribution in [0.1, 0.15) is 61.0 Å². The van der Waals surface area contributed by atoms with Crippen LogP contribution in [0.4, 0.5) is 0 Å². The van der Waals surface area contributed by atoms with Crippen molar-refractivity contribution in [3.05, 3.63) is 64.7 Å². The van der Waals surface area contributed by atoms with Gasteiger partial charge in [-0.1, -0.05) is 35.9 Å². The van der Waals surface area contributed by atoms with Gasteiger partial charge in [0.05, 0.1) is 6.61 Å². The topological polar surface area (TPSA) is 49.8 Å². The minimum absolute atomic E-state index is 0.00779. The third-order valence-electron chi connectivity index (χ3n) is 5.28. The molecule has 0 amide bonds. The first-order valence-corrected chi connectivity index (χ1v) is 10.4. The number of rotatable bonds is 8. The summed E-state index contributed by atoms with van der Waals surface area (Å²) < 4.78 is 5.51. The van der Waals surface area contributed by atoms with Gasteiger partial charge < -0.3 is 9.84 Å². The summed E-state index contributed by atoms with van der Waals surface area (Å²) >= 11 is 6.05. The van der Waals surface area contributed by atoms with Crippen LogP contribution in [0.3, 0.4) is 0 Å². The first kappa shape index (κ1) is 20.8. The first-order valence-electron chi connectivity index (χ1n) is 10.0. The second-order valence-corrected chi connectivity index (χ2v) is 7.64. The molecule has 1 N–H and O–H groups in total. The number of Topliss-reactive ketones (excluding diaryl/α,β-unsaturated/α-hetero) is 1. The second-order valence-electron chi connectivity index (χ2n) is 7.20. The number of carbonyl (C=O) groups excluding carboxylic acids is 1. The molecule has 1 saturated heterocycles. The van der Waals surface area contributed by atoms with Gasteiger partial charge in [-0.3, -0.25) is 9.69 Å². The number of aliphatic hydroxyl groups is 1. The lowest BCUT2D eigenvalue weighted by molar-refractivity contribution is -0.0533. The molecule has 0 saturated carbocycles. The minimum atomic E-state index is -0.467. The summed E-state index contributed by atoms with van der Waals surface area (Å²) in [5.41, 5.74) is 1.75. The van der Waals surface area contributed by atoms with E-state index in [-0.39, 0.29) is 11.8 Å². The zero-order chi connectivity index (χ0) is 19.9. The standard InChI is InChI=1S/C23H28ClNO3/c1-2-28-20-7-5-6-18(16-20)22(26)14-13-21(17-9-11-19(24)12-10-17)25-15-4-3-8-23(25)27/h5-7,9-12,16,21,23,27H,2-4,8,13-15H2,1H3. The van der Waals surface area contributed by atoms with Crippen LogP contribution in [0.2, 0.25) is 5.02 Å². The zero-order valence-electron chi connectivity index (χ0n) is 16.3. The van der Waals surface area contributed by atoms with E-state index in [0.29, 0.717) is 35.8 Å². The molecule has 5 heteroatoms. The van der Waals surface area contributed by atoms with Crippen molar-refractivity contribution in [2.24, 2.45) is 0 Å². The van der Waals surface area contributed by atoms with Crippen LogP contribution < -0.4 is 4.74 Å². The molecule has 0 radical (unpaired) electrons. The lowest BCUT2D eigenvalue weighted by atomic mass is 9.94. The monoisotopic (exact) mass is 401 g/mol. The summed E-state index contributed by atoms with van der Waals surface area (Å²) in [6.07, 6.45) is 3.46. The molecule has 1 aliphatic heterocycles. The number of hydrogen-bond donors (Lipinski definition) is 1. The highest BCUT2D eigenvalue weighted by Crippen LogP contribution is 2.32. The van der Waals surface area contributed by atoms with Gasteiger partial charge in [0.25, 0.3) is 0 Å². The fourth-order valence-corrected chi connectivity index (χ4v) is 3.97. The Morgan fingerprint density at radius 2 is 2.04 bits per heavy atom. The quantitative estimate of drug-likeness (QED) is 0.614. The van der Waals surface area contributed by atoms with Crippen LogP contribution in [0.15, 0.2) is 48.5 Å². The summed E-state index contributed by atoms with van der Waals surface area (Å²) in [4.78, 5) is 14.9. The number of piperidine rings is 1. The summed E-state index contributed by atoms with van der Waals surface area (Å²) in [6.45, 7) is 3.33. The predicted molar refractivity (Wildman–Crippen MR) is 112 cm³/mol. The average Bonchev–Trinajstić information content (AvgIpc) is 2.71. The van der Waals surface area contributed by atoms with E-state index in [0.717, 1.165) is 31.4 Å². The molecule has 2 aromatic carbocycles. The number of benzene rings is 2. The fraction of sp³-hybridized carbons (Fsp3) is 0.435. The molecule has 4 nitrogen and oxygen atoms in total. The van der Waals surface area contributed by atoms with Gasteiger partial charge in [-0.15, -0.1) is 0 Å². The van der Waals surface area contributed by atoms with E-state index in [4.69, 9.17) is 16.3 Å². The van der Waals surface area contributed by atoms with E-state index >= 15 is 0 Å². The van der Waals surface area contributed by atoms with Gasteiger partial charge in [0, 0.05) is 29.6 Å². The maximum Gasteiger partial charge on any atom is 0.163 e. The Balaban J connectivity index is 1.74. The van der Waals surface area contributed by atoms with Crippen LogP contribution in [0.5, 0.6) is 5.75 Å². The molecule has 0 bridgehead atoms. The van der Waals surface area contributed by atoms with E-state index in [1.807, 2.05) is 49.4 Å². The molecule has 28 heavy (non-hydrogen) atoms. The van der Waals surface area contributed by atoms with Crippen LogP contribution in [0, 0.1) is 0 Å². The van der Waals surface area contributed by atoms with Gasteiger partial charge in [-0.25, -0.2) is 0 Å². The fourth-order valence-electron chi connectivity index (χ4n) is 3.85. The summed E-state index contributed by atoms with van der Waals surface area (Å²) in [6, 6.07) is 15.1. The highest BCUT2D eigenvalue weighted by Gasteiger charge is 2.29. The van der Waals surface area contributed by atoms with Crippen LogP contribution >= 0.6 is 11.6 Å². The molecule has 1 heterocycles. The van der Waals surface area contributed by atoms with Gasteiger partial charge in [-0.2, -0.15) is 0 Å². The third kappa shape index (κ3) is 5.34. The number of likely N-dealkylation sites (tertiary alicyclic amines) is 1. The van der Waals surface area contributed by atoms with E-state index < -0.39 is 6.23 Å². The Kier molecular flexibility index (Phi) is 7.49. The molecule has 2 aromatic rings. The van der Waals surface area contributed by atoms with Gasteiger partial charge in [0.2, 0.25) is 0 Å². The molecule has 0 spiro atoms. The number of halogens is 1. The van der Waals surface area contributed by atoms with E-state index in [2.05, 4.69) is 4.90 Å². The lowest BCUT2D eigenvalue weighted by Crippen LogP contribution is -2.42. The highest BCUT2D eigenvalue weighted by atomic mass is 35.5. The van der Waals surface area contributed by atoms with Crippen molar-refractivity contribution in [1.29, 1.82) is 0 Å². The Bertz CT molecular complexity index is 778. The largest absolute Gasteiger partial charge is 0.494 e. The van der Waals surface area contributed by atoms with E-state index in [1.165, 1.54) is 0 Å². The molecule has 0 aromatic heterocycles. The van der Waals surface area contributed by atoms with Gasteiger partial charge in [-0.05, 0) is 62.4 Å². The number of nitrogens with zero attached hydrogens (tertiary/aromatic N) is 1. The van der Waals surface area contributed by atoms with Crippen molar-refractivity contribution in [3.8, 4) is 5.75 Å². The first-order chi connectivity index (χ1) is 13.6. The Morgan fingerprint density at radius 3 is 2.75 bits per heavy atom. The van der Waals surface area contributed by atoms with Gasteiger partial charge >= 0.3 is 0 Å². The minimum Gasteiger partial charge on any atom is -0.494 e. The van der Waals surface area contributed by atoms with Crippen molar-refractivity contribution in [1.82, 2.24) is 4.90 Å². The van der Waals surface area contributed by atoms with Crippen LogP contribution in [-0.2, 0) is 0 Å². The van der Waals surface area contributed by atoms with Crippen LogP contribution in [0.25, 0.3) is 0 Å². The van der Waals surface area contributed by atoms with Crippen molar-refractivity contribution >= 4 is 17.4 Å². The molecular weight excluding hydrogens is 374 g/mol. The van der Waals surface area contributed by atoms with Crippen molar-refractivity contribution in [3.63, 3.8) is 0 Å². The smallest absolute Gasteiger partial charge is 0.163 e. The van der Waals surface area contributed by atoms with Crippen LogP contribution in [-0.4, -0.2) is 35.2 Å². The highest BCUT2D eigenvalue weighted by molar-refractivity contribution is 6.30. The third-order valence-corrected chi connectivity index (χ3v) is 5.53. The number of ketones is 1. The molecule has 3 rings (SSSR count). The zero-order valence-corrected chi connectivity index (χ0v) is 17.1. The Labute approximate surface area is 172 Å². The normalized spacial score (nSPS) is 18.6. The van der Waals surface area contributed by atoms with Crippen molar-refractivity contribution in [2.45, 2.75) is 51.3 Å². The average molecular weight is 402 g/mol. The molecule has 2 unspecified atom stereocenters. The Hall–Kier alpha value is -1.88. The van der Waals surface area contributed by atoms with E-state index in [9.17, 15) is 9.90 Å². The maximum absolute atomic E-state index is 12.8. The molecular formula is C23H28ClNO3. The molecule has 1 aliphatic rings. The van der Waals surface area contributed by atoms with Gasteiger partial charge in [0.15, 0.2) is 5.78 Å². The molecule has 0 aliphatic carbocycles. The second kappa shape index (κ2) is 10.1. The Morgan fingerprint density at radius 1 is 1.25 bits per heavy atom. The SMILES string of the molecule is CCOc1cccc(C(=O)CCC(c2ccc(Cl)cc2)N2CCCCC2O)c1. The number of carbonyl (C=O) groups is 1. The summed E-state index contributed by atoms with van der Waals surface area (Å²) in [5, 5.41) is 11.2. The molecule has 1 fully saturated rings. The summed E-state index contributed by atoms with van der Waals surface area (Å²) in [5.74, 6) is 0.807. The molecule has 150 valence electrons. The van der Waals surface area contributed by atoms with Crippen molar-refractivity contribution in [2.75, 3.05) is 13.2 Å². The number of aliphatic hydroxyl groups excluding tert-OH is 1. The predicted octanol–water partition coefficient (Wildman–Crippen LogP) is 5.25. The molecule has 2 atom stereocenters. The summed E-state index contributed by atoms with van der Waals surface area (Å²) in [7, 11) is 0. The van der Waals surface area contributed by atoms with Gasteiger partial charge in [0.1, 0.15) is 12.0 Å². The number of ether oxygens (including phenoxy) is 1. The van der Waals surface area contributed by atoms with Crippen molar-refractivity contribution < 1.29 is 14.6 Å². The number of hydrogen-bond acceptors (Lipinski definition) is 4. The maximum atomic E-state index is 12.8. The lowest BCUT2D eigenvalue weighted by Gasteiger charge is -2.38. The van der Waals surface area contributed by atoms with E-state index in [1.54, 1.807) is 6.07 Å².